The minimum atomic E-state index is -3.07. The van der Waals surface area contributed by atoms with E-state index < -0.39 is 15.5 Å². The summed E-state index contributed by atoms with van der Waals surface area (Å²) in [5, 5.41) is 1.80. The molecule has 0 bridgehead atoms. The summed E-state index contributed by atoms with van der Waals surface area (Å²) in [6.07, 6.45) is 0.825. The minimum Gasteiger partial charge on any atom is -0.461 e. The zero-order valence-electron chi connectivity index (χ0n) is 17.6. The minimum absolute atomic E-state index is 0.00580. The Kier molecular flexibility index (Phi) is 5.00. The summed E-state index contributed by atoms with van der Waals surface area (Å²) in [5.74, 6) is 0.770. The van der Waals surface area contributed by atoms with Crippen molar-refractivity contribution in [2.24, 2.45) is 0 Å². The third-order valence-electron chi connectivity index (χ3n) is 6.32. The first-order valence-corrected chi connectivity index (χ1v) is 11.8. The Balaban J connectivity index is 1.61. The van der Waals surface area contributed by atoms with Crippen LogP contribution in [0.1, 0.15) is 35.3 Å². The first-order chi connectivity index (χ1) is 14.1. The van der Waals surface area contributed by atoms with Crippen molar-refractivity contribution in [3.63, 3.8) is 0 Å². The average molecular weight is 432 g/mol. The number of nitrogens with zero attached hydrogens (tertiary/aromatic N) is 1. The normalized spacial score (nSPS) is 18.3. The van der Waals surface area contributed by atoms with Crippen LogP contribution in [0.4, 0.5) is 0 Å². The molecule has 1 aliphatic rings. The summed E-state index contributed by atoms with van der Waals surface area (Å²) >= 11 is 0. The molecule has 1 aliphatic heterocycles. The highest BCUT2D eigenvalue weighted by Gasteiger charge is 2.32. The van der Waals surface area contributed by atoms with Crippen LogP contribution in [-0.2, 0) is 21.1 Å². The fraction of sp³-hybridized carbons (Fsp3) is 0.455. The van der Waals surface area contributed by atoms with E-state index in [4.69, 9.17) is 8.83 Å². The van der Waals surface area contributed by atoms with Gasteiger partial charge in [-0.05, 0) is 50.8 Å². The zero-order chi connectivity index (χ0) is 21.8. The number of sulfone groups is 1. The Hall–Kier alpha value is -2.61. The molecule has 30 heavy (non-hydrogen) atoms. The van der Waals surface area contributed by atoms with Gasteiger partial charge >= 0.3 is 5.63 Å². The van der Waals surface area contributed by atoms with Crippen LogP contribution in [0.25, 0.3) is 21.9 Å². The quantitative estimate of drug-likeness (QED) is 0.589. The number of aryl methyl sites for hydroxylation is 3. The van der Waals surface area contributed by atoms with Crippen molar-refractivity contribution in [1.29, 1.82) is 0 Å². The van der Waals surface area contributed by atoms with Gasteiger partial charge in [0.1, 0.15) is 16.9 Å². The maximum absolute atomic E-state index is 12.6. The van der Waals surface area contributed by atoms with Crippen molar-refractivity contribution >= 4 is 37.7 Å². The van der Waals surface area contributed by atoms with E-state index >= 15 is 0 Å². The molecule has 0 aliphatic carbocycles. The van der Waals surface area contributed by atoms with E-state index in [-0.39, 0.29) is 36.3 Å². The second-order valence-electron chi connectivity index (χ2n) is 8.18. The number of carbonyl (C=O) groups excluding carboxylic acids is 1. The van der Waals surface area contributed by atoms with Gasteiger partial charge in [0.2, 0.25) is 5.91 Å². The van der Waals surface area contributed by atoms with E-state index in [1.807, 2.05) is 26.8 Å². The molecule has 1 atom stereocenters. The molecule has 7 nitrogen and oxygen atoms in total. The van der Waals surface area contributed by atoms with Crippen LogP contribution in [-0.4, -0.2) is 43.8 Å². The molecule has 0 radical (unpaired) electrons. The van der Waals surface area contributed by atoms with Crippen LogP contribution < -0.4 is 5.63 Å². The van der Waals surface area contributed by atoms with E-state index in [1.54, 1.807) is 13.1 Å². The SMILES string of the molecule is Cc1oc2cc3oc(=O)c(CCC(=O)N(C)C4CCS(=O)(=O)C4)c(C)c3cc2c1C. The molecule has 0 spiro atoms. The lowest BCUT2D eigenvalue weighted by atomic mass is 10.00. The number of fused-ring (bicyclic) bond motifs is 2. The Morgan fingerprint density at radius 3 is 2.43 bits per heavy atom. The molecule has 1 saturated heterocycles. The molecular weight excluding hydrogens is 406 g/mol. The Labute approximate surface area is 174 Å². The van der Waals surface area contributed by atoms with E-state index in [9.17, 15) is 18.0 Å². The number of furan rings is 1. The van der Waals surface area contributed by atoms with Gasteiger partial charge in [0.05, 0.1) is 11.5 Å². The number of hydrogen-bond acceptors (Lipinski definition) is 6. The predicted molar refractivity (Wildman–Crippen MR) is 115 cm³/mol. The molecule has 160 valence electrons. The van der Waals surface area contributed by atoms with Crippen molar-refractivity contribution in [2.75, 3.05) is 18.6 Å². The summed E-state index contributed by atoms with van der Waals surface area (Å²) < 4.78 is 34.6. The molecular formula is C22H25NO6S. The fourth-order valence-corrected chi connectivity index (χ4v) is 5.98. The highest BCUT2D eigenvalue weighted by molar-refractivity contribution is 7.91. The molecule has 3 aromatic rings. The predicted octanol–water partition coefficient (Wildman–Crippen LogP) is 3.04. The molecule has 1 aromatic carbocycles. The molecule has 8 heteroatoms. The topological polar surface area (TPSA) is 97.8 Å². The summed E-state index contributed by atoms with van der Waals surface area (Å²) in [5.41, 5.74) is 2.99. The summed E-state index contributed by atoms with van der Waals surface area (Å²) in [6.45, 7) is 5.74. The zero-order valence-corrected chi connectivity index (χ0v) is 18.4. The second-order valence-corrected chi connectivity index (χ2v) is 10.4. The van der Waals surface area contributed by atoms with Crippen molar-refractivity contribution in [3.8, 4) is 0 Å². The Morgan fingerprint density at radius 1 is 1.10 bits per heavy atom. The highest BCUT2D eigenvalue weighted by atomic mass is 32.2. The van der Waals surface area contributed by atoms with E-state index in [1.165, 1.54) is 4.90 Å². The number of carbonyl (C=O) groups is 1. The van der Waals surface area contributed by atoms with Gasteiger partial charge in [-0.2, -0.15) is 0 Å². The van der Waals surface area contributed by atoms with E-state index in [0.29, 0.717) is 23.2 Å². The van der Waals surface area contributed by atoms with Crippen LogP contribution >= 0.6 is 0 Å². The standard InChI is InChI=1S/C22H25NO6S/c1-12-14(3)28-19-10-20-18(9-17(12)19)13(2)16(22(25)29-20)5-6-21(24)23(4)15-7-8-30(26,27)11-15/h9-10,15H,5-8,11H2,1-4H3. The highest BCUT2D eigenvalue weighted by Crippen LogP contribution is 2.31. The number of hydrogen-bond donors (Lipinski definition) is 0. The van der Waals surface area contributed by atoms with Gasteiger partial charge in [-0.1, -0.05) is 0 Å². The summed E-state index contributed by atoms with van der Waals surface area (Å²) in [4.78, 5) is 26.7. The maximum Gasteiger partial charge on any atom is 0.339 e. The van der Waals surface area contributed by atoms with Crippen LogP contribution in [0.3, 0.4) is 0 Å². The van der Waals surface area contributed by atoms with Gasteiger partial charge in [0, 0.05) is 41.9 Å². The van der Waals surface area contributed by atoms with Crippen molar-refractivity contribution in [1.82, 2.24) is 4.90 Å². The first kappa shape index (κ1) is 20.7. The van der Waals surface area contributed by atoms with Gasteiger partial charge in [-0.25, -0.2) is 13.2 Å². The second kappa shape index (κ2) is 7.27. The van der Waals surface area contributed by atoms with Gasteiger partial charge < -0.3 is 13.7 Å². The Bertz CT molecular complexity index is 1330. The van der Waals surface area contributed by atoms with Crippen molar-refractivity contribution in [3.05, 3.63) is 45.0 Å². The molecule has 1 amide bonds. The average Bonchev–Trinajstić information content (AvgIpc) is 3.18. The van der Waals surface area contributed by atoms with E-state index in [2.05, 4.69) is 0 Å². The number of benzene rings is 1. The van der Waals surface area contributed by atoms with Crippen molar-refractivity contribution < 1.29 is 22.0 Å². The smallest absolute Gasteiger partial charge is 0.339 e. The summed E-state index contributed by atoms with van der Waals surface area (Å²) in [6, 6.07) is 3.41. The monoisotopic (exact) mass is 431 g/mol. The van der Waals surface area contributed by atoms with Gasteiger partial charge in [-0.15, -0.1) is 0 Å². The lowest BCUT2D eigenvalue weighted by molar-refractivity contribution is -0.131. The van der Waals surface area contributed by atoms with Gasteiger partial charge in [-0.3, -0.25) is 4.79 Å². The van der Waals surface area contributed by atoms with Crippen LogP contribution in [0, 0.1) is 20.8 Å². The molecule has 4 rings (SSSR count). The lowest BCUT2D eigenvalue weighted by Crippen LogP contribution is -2.38. The molecule has 0 saturated carbocycles. The molecule has 1 fully saturated rings. The van der Waals surface area contributed by atoms with Gasteiger partial charge in [0.15, 0.2) is 9.84 Å². The fourth-order valence-electron chi connectivity index (χ4n) is 4.21. The first-order valence-electron chi connectivity index (χ1n) is 9.99. The third kappa shape index (κ3) is 3.53. The van der Waals surface area contributed by atoms with E-state index in [0.717, 1.165) is 27.7 Å². The number of amides is 1. The molecule has 2 aromatic heterocycles. The summed E-state index contributed by atoms with van der Waals surface area (Å²) in [7, 11) is -1.44. The lowest BCUT2D eigenvalue weighted by Gasteiger charge is -2.23. The maximum atomic E-state index is 12.6. The Morgan fingerprint density at radius 2 is 1.77 bits per heavy atom. The van der Waals surface area contributed by atoms with Crippen LogP contribution in [0.15, 0.2) is 25.8 Å². The van der Waals surface area contributed by atoms with Gasteiger partial charge in [0.25, 0.3) is 0 Å². The third-order valence-corrected chi connectivity index (χ3v) is 8.07. The molecule has 3 heterocycles. The molecule has 1 unspecified atom stereocenters. The van der Waals surface area contributed by atoms with Crippen LogP contribution in [0.2, 0.25) is 0 Å². The van der Waals surface area contributed by atoms with Crippen LogP contribution in [0.5, 0.6) is 0 Å². The number of rotatable bonds is 4. The largest absolute Gasteiger partial charge is 0.461 e. The molecule has 0 N–H and O–H groups in total. The van der Waals surface area contributed by atoms with Crippen molar-refractivity contribution in [2.45, 2.75) is 46.1 Å².